The average molecular weight is 246 g/mol. The minimum atomic E-state index is -5.51. The highest BCUT2D eigenvalue weighted by Crippen LogP contribution is 2.24. The van der Waals surface area contributed by atoms with Gasteiger partial charge in [0.1, 0.15) is 6.61 Å². The van der Waals surface area contributed by atoms with Crippen LogP contribution in [-0.4, -0.2) is 33.1 Å². The van der Waals surface area contributed by atoms with Gasteiger partial charge in [-0.05, 0) is 0 Å². The largest absolute Gasteiger partial charge is 0.361 e. The van der Waals surface area contributed by atoms with Crippen LogP contribution in [0.25, 0.3) is 0 Å². The third kappa shape index (κ3) is 3.70. The second-order valence-electron chi connectivity index (χ2n) is 2.08. The van der Waals surface area contributed by atoms with Crippen molar-refractivity contribution in [2.75, 3.05) is 6.61 Å². The minimum absolute atomic E-state index is 2.31. The molecule has 0 unspecified atom stereocenters. The van der Waals surface area contributed by atoms with Gasteiger partial charge >= 0.3 is 28.2 Å². The molecule has 3 nitrogen and oxygen atoms in total. The summed E-state index contributed by atoms with van der Waals surface area (Å²) >= 11 is 0. The second-order valence-corrected chi connectivity index (χ2v) is 3.66. The molecule has 0 aliphatic carbocycles. The number of halogens is 6. The Morgan fingerprint density at radius 1 is 1.14 bits per heavy atom. The first-order valence-electron chi connectivity index (χ1n) is 2.92. The van der Waals surface area contributed by atoms with Gasteiger partial charge in [-0.2, -0.15) is 26.0 Å². The van der Waals surface area contributed by atoms with Gasteiger partial charge < -0.3 is 0 Å². The normalized spacial score (nSPS) is 14.0. The fourth-order valence-corrected chi connectivity index (χ4v) is 0.699. The lowest BCUT2D eigenvalue weighted by Gasteiger charge is -2.14. The summed E-state index contributed by atoms with van der Waals surface area (Å²) in [5.41, 5.74) is 0. The highest BCUT2D eigenvalue weighted by Gasteiger charge is 2.43. The molecule has 0 aromatic heterocycles. The van der Waals surface area contributed by atoms with Gasteiger partial charge in [0.2, 0.25) is 0 Å². The molecule has 0 spiro atoms. The maximum atomic E-state index is 12.0. The molecule has 0 atom stereocenters. The van der Waals surface area contributed by atoms with Gasteiger partial charge in [-0.15, -0.1) is 0 Å². The molecular formula is C4H4F6O3S. The first-order chi connectivity index (χ1) is 6.09. The maximum Gasteiger partial charge on any atom is 0.361 e. The van der Waals surface area contributed by atoms with E-state index < -0.39 is 34.8 Å². The highest BCUT2D eigenvalue weighted by atomic mass is 32.2. The number of alkyl halides is 6. The van der Waals surface area contributed by atoms with Crippen LogP contribution in [0.3, 0.4) is 0 Å². The lowest BCUT2D eigenvalue weighted by molar-refractivity contribution is -0.148. The number of hydrogen-bond donors (Lipinski definition) is 0. The van der Waals surface area contributed by atoms with E-state index in [-0.39, 0.29) is 0 Å². The molecule has 0 bridgehead atoms. The first-order valence-corrected chi connectivity index (χ1v) is 4.39. The van der Waals surface area contributed by atoms with Crippen molar-refractivity contribution >= 4 is 10.1 Å². The van der Waals surface area contributed by atoms with E-state index >= 15 is 0 Å². The van der Waals surface area contributed by atoms with Gasteiger partial charge in [0.05, 0.1) is 0 Å². The average Bonchev–Trinajstić information content (AvgIpc) is 2.01. The Kier molecular flexibility index (Phi) is 4.18. The van der Waals surface area contributed by atoms with Crippen molar-refractivity contribution in [3.8, 4) is 0 Å². The molecule has 0 aromatic rings. The molecule has 86 valence electrons. The van der Waals surface area contributed by atoms with E-state index in [4.69, 9.17) is 0 Å². The minimum Gasteiger partial charge on any atom is -0.259 e. The summed E-state index contributed by atoms with van der Waals surface area (Å²) in [6, 6.07) is 0. The molecule has 0 rings (SSSR count). The summed E-state index contributed by atoms with van der Waals surface area (Å²) in [7, 11) is -5.51. The molecule has 0 saturated carbocycles. The zero-order chi connectivity index (χ0) is 11.6. The molecule has 0 heterocycles. The molecule has 14 heavy (non-hydrogen) atoms. The van der Waals surface area contributed by atoms with Gasteiger partial charge in [-0.3, -0.25) is 4.18 Å². The molecule has 0 aliphatic heterocycles. The molecule has 0 radical (unpaired) electrons. The Bertz CT molecular complexity index is 273. The number of rotatable bonds is 5. The Labute approximate surface area is 74.8 Å². The van der Waals surface area contributed by atoms with Crippen molar-refractivity contribution in [3.05, 3.63) is 0 Å². The van der Waals surface area contributed by atoms with Crippen molar-refractivity contribution in [2.24, 2.45) is 0 Å². The fraction of sp³-hybridized carbons (Fsp3) is 1.00. The van der Waals surface area contributed by atoms with Crippen LogP contribution in [0.1, 0.15) is 0 Å². The van der Waals surface area contributed by atoms with Gasteiger partial charge in [0.25, 0.3) is 0 Å². The molecule has 0 fully saturated rings. The molecule has 0 N–H and O–H groups in total. The third-order valence-electron chi connectivity index (χ3n) is 0.953. The molecule has 0 aromatic carbocycles. The van der Waals surface area contributed by atoms with E-state index in [2.05, 4.69) is 4.18 Å². The lowest BCUT2D eigenvalue weighted by atomic mass is 10.4. The van der Waals surface area contributed by atoms with Crippen LogP contribution < -0.4 is 0 Å². The zero-order valence-corrected chi connectivity index (χ0v) is 7.08. The quantitative estimate of drug-likeness (QED) is 0.544. The predicted molar refractivity (Wildman–Crippen MR) is 31.8 cm³/mol. The smallest absolute Gasteiger partial charge is 0.259 e. The van der Waals surface area contributed by atoms with Crippen LogP contribution in [0.4, 0.5) is 26.3 Å². The van der Waals surface area contributed by atoms with E-state index in [9.17, 15) is 34.8 Å². The van der Waals surface area contributed by atoms with Crippen LogP contribution in [0, 0.1) is 0 Å². The van der Waals surface area contributed by atoms with Crippen LogP contribution in [0.2, 0.25) is 0 Å². The van der Waals surface area contributed by atoms with Gasteiger partial charge in [0.15, 0.2) is 0 Å². The van der Waals surface area contributed by atoms with Crippen LogP contribution in [-0.2, 0) is 14.3 Å². The fourth-order valence-electron chi connectivity index (χ4n) is 0.275. The summed E-state index contributed by atoms with van der Waals surface area (Å²) < 4.78 is 92.7. The Balaban J connectivity index is 4.34. The van der Waals surface area contributed by atoms with E-state index in [1.165, 1.54) is 0 Å². The van der Waals surface area contributed by atoms with Gasteiger partial charge in [0, 0.05) is 0 Å². The van der Waals surface area contributed by atoms with Crippen molar-refractivity contribution in [1.29, 1.82) is 0 Å². The predicted octanol–water partition coefficient (Wildman–Crippen LogP) is 1.46. The summed E-state index contributed by atoms with van der Waals surface area (Å²) in [4.78, 5) is 0. The molecular weight excluding hydrogens is 242 g/mol. The number of hydrogen-bond acceptors (Lipinski definition) is 3. The monoisotopic (exact) mass is 246 g/mol. The Morgan fingerprint density at radius 2 is 1.57 bits per heavy atom. The van der Waals surface area contributed by atoms with Crippen LogP contribution in [0.5, 0.6) is 0 Å². The maximum absolute atomic E-state index is 12.0. The summed E-state index contributed by atoms with van der Waals surface area (Å²) in [6.45, 7) is -2.31. The highest BCUT2D eigenvalue weighted by molar-refractivity contribution is 7.87. The molecule has 0 saturated heterocycles. The van der Waals surface area contributed by atoms with Crippen molar-refractivity contribution in [1.82, 2.24) is 0 Å². The second kappa shape index (κ2) is 4.34. The standard InChI is InChI=1S/C4H4F6O3S/c5-2(6)4(9,10)1-13-14(11,12)3(7)8/h2-3H,1H2. The van der Waals surface area contributed by atoms with Crippen LogP contribution in [0.15, 0.2) is 0 Å². The Hall–Kier alpha value is -0.510. The SMILES string of the molecule is O=S(=O)(OCC(F)(F)C(F)F)C(F)F. The van der Waals surface area contributed by atoms with Crippen molar-refractivity contribution in [2.45, 2.75) is 18.1 Å². The molecule has 0 aliphatic rings. The zero-order valence-electron chi connectivity index (χ0n) is 6.26. The third-order valence-corrected chi connectivity index (χ3v) is 1.84. The summed E-state index contributed by atoms with van der Waals surface area (Å²) in [5, 5.41) is 0. The summed E-state index contributed by atoms with van der Waals surface area (Å²) in [5.74, 6) is -8.82. The van der Waals surface area contributed by atoms with Gasteiger partial charge in [-0.25, -0.2) is 8.78 Å². The van der Waals surface area contributed by atoms with E-state index in [1.807, 2.05) is 0 Å². The van der Waals surface area contributed by atoms with Crippen molar-refractivity contribution in [3.63, 3.8) is 0 Å². The summed E-state index contributed by atoms with van der Waals surface area (Å²) in [6.07, 6.45) is -4.18. The van der Waals surface area contributed by atoms with E-state index in [0.717, 1.165) is 0 Å². The van der Waals surface area contributed by atoms with Gasteiger partial charge in [-0.1, -0.05) is 0 Å². The topological polar surface area (TPSA) is 43.4 Å². The Morgan fingerprint density at radius 3 is 1.86 bits per heavy atom. The lowest BCUT2D eigenvalue weighted by Crippen LogP contribution is -2.34. The van der Waals surface area contributed by atoms with E-state index in [0.29, 0.717) is 0 Å². The van der Waals surface area contributed by atoms with Crippen LogP contribution >= 0.6 is 0 Å². The first kappa shape index (κ1) is 13.5. The van der Waals surface area contributed by atoms with E-state index in [1.54, 1.807) is 0 Å². The molecule has 0 amide bonds. The van der Waals surface area contributed by atoms with Crippen molar-refractivity contribution < 1.29 is 38.9 Å². The molecule has 10 heteroatoms.